The summed E-state index contributed by atoms with van der Waals surface area (Å²) in [5.41, 5.74) is 9.83. The first-order valence-corrected chi connectivity index (χ1v) is 17.7. The first-order valence-electron chi connectivity index (χ1n) is 17.7. The lowest BCUT2D eigenvalue weighted by atomic mass is 9.77. The minimum Gasteiger partial charge on any atom is -0.363 e. The number of para-hydroxylation sites is 2. The van der Waals surface area contributed by atoms with Crippen LogP contribution in [0.1, 0.15) is 34.1 Å². The molecular formula is C47H33N5. The second kappa shape index (κ2) is 12.8. The van der Waals surface area contributed by atoms with Crippen LogP contribution in [0.4, 0.5) is 5.69 Å². The van der Waals surface area contributed by atoms with Crippen molar-refractivity contribution >= 4 is 27.5 Å². The highest BCUT2D eigenvalue weighted by atomic mass is 15.2. The molecule has 0 amide bonds. The van der Waals surface area contributed by atoms with Crippen LogP contribution in [-0.4, -0.2) is 17.2 Å². The van der Waals surface area contributed by atoms with Gasteiger partial charge >= 0.3 is 0 Å². The molecule has 0 saturated heterocycles. The van der Waals surface area contributed by atoms with Gasteiger partial charge < -0.3 is 9.47 Å². The van der Waals surface area contributed by atoms with Crippen LogP contribution in [0, 0.1) is 45.8 Å². The Kier molecular flexibility index (Phi) is 7.66. The highest BCUT2D eigenvalue weighted by Gasteiger charge is 2.37. The fourth-order valence-corrected chi connectivity index (χ4v) is 8.63. The van der Waals surface area contributed by atoms with Crippen molar-refractivity contribution < 1.29 is 0 Å². The van der Waals surface area contributed by atoms with Crippen LogP contribution in [0.25, 0.3) is 38.6 Å². The fraction of sp³-hybridized carbons (Fsp3) is 0.128. The Morgan fingerprint density at radius 3 is 2.27 bits per heavy atom. The number of nitriles is 3. The maximum atomic E-state index is 10.6. The van der Waals surface area contributed by atoms with Gasteiger partial charge in [0, 0.05) is 52.0 Å². The molecule has 5 nitrogen and oxygen atoms in total. The maximum Gasteiger partial charge on any atom is 0.0998 e. The average Bonchev–Trinajstić information content (AvgIpc) is 3.38. The number of hydrogen-bond donors (Lipinski definition) is 0. The Morgan fingerprint density at radius 1 is 0.596 bits per heavy atom. The van der Waals surface area contributed by atoms with E-state index >= 15 is 0 Å². The van der Waals surface area contributed by atoms with Gasteiger partial charge in [-0.15, -0.1) is 0 Å². The first-order chi connectivity index (χ1) is 25.7. The van der Waals surface area contributed by atoms with Gasteiger partial charge in [-0.2, -0.15) is 15.8 Å². The minimum atomic E-state index is -0.221. The van der Waals surface area contributed by atoms with Crippen LogP contribution < -0.4 is 4.90 Å². The molecule has 5 aromatic carbocycles. The van der Waals surface area contributed by atoms with E-state index in [1.165, 1.54) is 11.3 Å². The van der Waals surface area contributed by atoms with Crippen molar-refractivity contribution in [1.82, 2.24) is 4.57 Å². The van der Waals surface area contributed by atoms with Crippen molar-refractivity contribution in [3.05, 3.63) is 180 Å². The number of fused-ring (bicyclic) bond motifs is 6. The predicted octanol–water partition coefficient (Wildman–Crippen LogP) is 10.3. The third kappa shape index (κ3) is 5.05. The highest BCUT2D eigenvalue weighted by molar-refractivity contribution is 6.09. The number of allylic oxidation sites excluding steroid dienone is 5. The molecule has 9 rings (SSSR count). The van der Waals surface area contributed by atoms with E-state index in [1.807, 2.05) is 54.6 Å². The largest absolute Gasteiger partial charge is 0.363 e. The normalized spacial score (nSPS) is 21.6. The summed E-state index contributed by atoms with van der Waals surface area (Å²) in [6.07, 6.45) is 17.4. The molecule has 0 saturated carbocycles. The van der Waals surface area contributed by atoms with E-state index in [1.54, 1.807) is 0 Å². The number of benzene rings is 5. The van der Waals surface area contributed by atoms with Gasteiger partial charge in [-0.25, -0.2) is 0 Å². The van der Waals surface area contributed by atoms with Crippen molar-refractivity contribution in [2.45, 2.75) is 17.9 Å². The molecule has 0 spiro atoms. The van der Waals surface area contributed by atoms with Gasteiger partial charge in [-0.05, 0) is 65.2 Å². The molecule has 2 heterocycles. The molecule has 1 aromatic heterocycles. The van der Waals surface area contributed by atoms with E-state index in [0.717, 1.165) is 50.7 Å². The number of anilines is 1. The number of aromatic nitrogens is 1. The molecule has 2 aliphatic carbocycles. The quantitative estimate of drug-likeness (QED) is 0.175. The molecule has 246 valence electrons. The van der Waals surface area contributed by atoms with Gasteiger partial charge in [0.1, 0.15) is 0 Å². The van der Waals surface area contributed by atoms with Crippen molar-refractivity contribution in [3.63, 3.8) is 0 Å². The molecule has 0 N–H and O–H groups in total. The lowest BCUT2D eigenvalue weighted by molar-refractivity contribution is 0.496. The van der Waals surface area contributed by atoms with Crippen molar-refractivity contribution in [2.75, 3.05) is 11.4 Å². The molecule has 6 aromatic rings. The van der Waals surface area contributed by atoms with E-state index in [-0.39, 0.29) is 29.7 Å². The van der Waals surface area contributed by atoms with Crippen LogP contribution in [0.15, 0.2) is 158 Å². The van der Waals surface area contributed by atoms with Gasteiger partial charge in [0.05, 0.1) is 52.3 Å². The lowest BCUT2D eigenvalue weighted by Gasteiger charge is -2.45. The van der Waals surface area contributed by atoms with Gasteiger partial charge in [0.15, 0.2) is 0 Å². The Morgan fingerprint density at radius 2 is 1.38 bits per heavy atom. The first kappa shape index (κ1) is 31.1. The summed E-state index contributed by atoms with van der Waals surface area (Å²) >= 11 is 0. The summed E-state index contributed by atoms with van der Waals surface area (Å²) in [6.45, 7) is 0.810. The Balaban J connectivity index is 1.17. The minimum absolute atomic E-state index is 0.00189. The van der Waals surface area contributed by atoms with Crippen LogP contribution in [0.5, 0.6) is 0 Å². The number of hydrogen-bond acceptors (Lipinski definition) is 4. The summed E-state index contributed by atoms with van der Waals surface area (Å²) in [4.78, 5) is 2.53. The van der Waals surface area contributed by atoms with E-state index in [2.05, 4.69) is 131 Å². The molecular weight excluding hydrogens is 635 g/mol. The number of nitrogens with zero attached hydrogens (tertiary/aromatic N) is 5. The number of rotatable bonds is 4. The zero-order chi connectivity index (χ0) is 35.2. The second-order valence-electron chi connectivity index (χ2n) is 13.7. The zero-order valence-electron chi connectivity index (χ0n) is 28.3. The van der Waals surface area contributed by atoms with Crippen LogP contribution in [0.3, 0.4) is 0 Å². The predicted molar refractivity (Wildman–Crippen MR) is 208 cm³/mol. The average molecular weight is 668 g/mol. The van der Waals surface area contributed by atoms with Crippen LogP contribution >= 0.6 is 0 Å². The van der Waals surface area contributed by atoms with E-state index in [9.17, 15) is 15.8 Å². The molecule has 5 heteroatoms. The highest BCUT2D eigenvalue weighted by Crippen LogP contribution is 2.46. The van der Waals surface area contributed by atoms with Crippen molar-refractivity contribution in [3.8, 4) is 35.0 Å². The van der Waals surface area contributed by atoms with Gasteiger partial charge in [0.25, 0.3) is 0 Å². The monoisotopic (exact) mass is 667 g/mol. The van der Waals surface area contributed by atoms with Crippen LogP contribution in [0.2, 0.25) is 0 Å². The summed E-state index contributed by atoms with van der Waals surface area (Å²) < 4.78 is 2.25. The molecule has 5 atom stereocenters. The molecule has 3 aliphatic rings. The molecule has 0 bridgehead atoms. The third-order valence-corrected chi connectivity index (χ3v) is 11.0. The van der Waals surface area contributed by atoms with E-state index in [4.69, 9.17) is 0 Å². The summed E-state index contributed by atoms with van der Waals surface area (Å²) in [5.74, 6) is 0.176. The maximum absolute atomic E-state index is 10.6. The fourth-order valence-electron chi connectivity index (χ4n) is 8.63. The summed E-state index contributed by atoms with van der Waals surface area (Å²) in [6, 6.07) is 44.7. The smallest absolute Gasteiger partial charge is 0.0998 e. The summed E-state index contributed by atoms with van der Waals surface area (Å²) in [7, 11) is 0. The molecule has 52 heavy (non-hydrogen) atoms. The Hall–Kier alpha value is -6.87. The third-order valence-electron chi connectivity index (χ3n) is 11.0. The van der Waals surface area contributed by atoms with Gasteiger partial charge in [-0.3, -0.25) is 0 Å². The van der Waals surface area contributed by atoms with E-state index in [0.29, 0.717) is 11.1 Å². The second-order valence-corrected chi connectivity index (χ2v) is 13.7. The van der Waals surface area contributed by atoms with E-state index < -0.39 is 0 Å². The molecule has 0 fully saturated rings. The van der Waals surface area contributed by atoms with Gasteiger partial charge in [0.2, 0.25) is 0 Å². The topological polar surface area (TPSA) is 79.5 Å². The Labute approximate surface area is 303 Å². The van der Waals surface area contributed by atoms with Crippen molar-refractivity contribution in [2.24, 2.45) is 11.8 Å². The van der Waals surface area contributed by atoms with Gasteiger partial charge in [-0.1, -0.05) is 109 Å². The molecule has 1 aliphatic heterocycles. The lowest BCUT2D eigenvalue weighted by Crippen LogP contribution is -2.45. The Bertz CT molecular complexity index is 2650. The SMILES string of the molecule is N#Cc1ccc2c(c1)c1ccccc1n2-c1cccc(-c2c(C#N)cccc2C2C=CC=CC2N2CC3C=CC(C#N)C=CC3c3ccccc32)c1. The molecule has 5 unspecified atom stereocenters. The molecule has 0 radical (unpaired) electrons. The standard InChI is InChI=1S/C47H33N5/c48-27-31-19-22-35-30-51(43-16-4-1-12-38(43)37(35)23-20-31)44-17-5-2-13-39(44)41-15-8-10-34(29-50)47(41)33-9-7-11-36(26-33)52-45-18-6-3-14-40(45)42-25-32(28-49)21-24-46(42)52/h1-26,31,35,37,39,44H,30H2. The zero-order valence-corrected chi connectivity index (χ0v) is 28.3. The summed E-state index contributed by atoms with van der Waals surface area (Å²) in [5, 5.41) is 32.0. The van der Waals surface area contributed by atoms with Crippen LogP contribution in [-0.2, 0) is 0 Å². The van der Waals surface area contributed by atoms with Crippen molar-refractivity contribution in [1.29, 1.82) is 15.8 Å².